The van der Waals surface area contributed by atoms with E-state index in [0.717, 1.165) is 0 Å². The first-order valence-corrected chi connectivity index (χ1v) is 17.9. The molecule has 0 aliphatic carbocycles. The van der Waals surface area contributed by atoms with Crippen LogP contribution in [-0.4, -0.2) is 107 Å². The Kier molecular flexibility index (Phi) is 26.1. The number of rotatable bonds is 24. The highest BCUT2D eigenvalue weighted by atomic mass is 31.2. The molecule has 0 heterocycles. The highest BCUT2D eigenvalue weighted by Gasteiger charge is 2.32. The van der Waals surface area contributed by atoms with Crippen molar-refractivity contribution in [2.45, 2.75) is 72.8 Å². The summed E-state index contributed by atoms with van der Waals surface area (Å²) in [5, 5.41) is 9.91. The van der Waals surface area contributed by atoms with Gasteiger partial charge in [-0.3, -0.25) is 46.3 Å². The maximum Gasteiger partial charge on any atom is 0.475 e. The number of phosphoric ester groups is 2. The first-order valence-electron chi connectivity index (χ1n) is 15.0. The van der Waals surface area contributed by atoms with Crippen molar-refractivity contribution in [1.29, 1.82) is 0 Å². The highest BCUT2D eigenvalue weighted by Crippen LogP contribution is 2.50. The number of hydrogen-bond donors (Lipinski definition) is 4. The van der Waals surface area contributed by atoms with Gasteiger partial charge in [-0.15, -0.1) is 13.2 Å². The largest absolute Gasteiger partial charge is 0.475 e. The molecule has 0 spiro atoms. The lowest BCUT2D eigenvalue weighted by Crippen LogP contribution is -2.46. The Morgan fingerprint density at radius 3 is 1.43 bits per heavy atom. The molecule has 0 aromatic carbocycles. The summed E-state index contributed by atoms with van der Waals surface area (Å²) in [4.78, 5) is 55.8. The van der Waals surface area contributed by atoms with E-state index in [0.29, 0.717) is 0 Å². The average Bonchev–Trinajstić information content (AvgIpc) is 3.00. The van der Waals surface area contributed by atoms with Crippen molar-refractivity contribution in [2.75, 3.05) is 53.2 Å². The van der Waals surface area contributed by atoms with Crippen LogP contribution in [0.5, 0.6) is 0 Å². The summed E-state index contributed by atoms with van der Waals surface area (Å²) in [5.41, 5.74) is 0. The molecule has 0 aliphatic heterocycles. The van der Waals surface area contributed by atoms with Crippen molar-refractivity contribution in [3.8, 4) is 0 Å². The van der Waals surface area contributed by atoms with Crippen LogP contribution in [0.3, 0.4) is 0 Å². The van der Waals surface area contributed by atoms with Crippen LogP contribution in [0.15, 0.2) is 25.3 Å². The van der Waals surface area contributed by atoms with Gasteiger partial charge in [-0.1, -0.05) is 12.2 Å². The average molecular weight is 747 g/mol. The summed E-state index contributed by atoms with van der Waals surface area (Å²) < 4.78 is 65.6. The van der Waals surface area contributed by atoms with Crippen molar-refractivity contribution in [2.24, 2.45) is 0 Å². The SMILES string of the molecule is C=CCOP(=O)(OCC)OC[C@H](NC(C)=O)[C@H](C)OC(C)=O.C=CCOP(=O)(OCCNC(=O)NC)OCC(NC(C)=O)C(C)OC(C)=O. The second-order valence-corrected chi connectivity index (χ2v) is 13.0. The van der Waals surface area contributed by atoms with Gasteiger partial charge in [0.15, 0.2) is 0 Å². The number of phosphoric acid groups is 2. The fourth-order valence-corrected chi connectivity index (χ4v) is 5.56. The lowest BCUT2D eigenvalue weighted by molar-refractivity contribution is -0.148. The Labute approximate surface area is 287 Å². The number of hydrogen-bond acceptors (Lipinski definition) is 15. The second-order valence-electron chi connectivity index (χ2n) is 9.65. The van der Waals surface area contributed by atoms with E-state index >= 15 is 0 Å². The molecule has 6 atom stereocenters. The van der Waals surface area contributed by atoms with E-state index in [1.807, 2.05) is 0 Å². The standard InChI is InChI=1S/C15H28N3O8P.C13H24NO7P/c1-6-8-23-27(22,24-9-7-17-15(21)16-5)25-10-14(18-12(3)19)11(2)26-13(4)20;1-6-8-19-22(17,18-7-2)20-9-13(14-11(4)15)10(3)21-12(5)16/h6,11,14H,1,7-10H2,2-5H3,(H,18,19)(H2,16,17,21);6,10,13H,1,7-9H2,2-5H3,(H,14,15)/t;10-,13-,22?/m.0/s1. The van der Waals surface area contributed by atoms with Gasteiger partial charge in [-0.05, 0) is 20.8 Å². The van der Waals surface area contributed by atoms with Crippen molar-refractivity contribution < 1.29 is 69.7 Å². The molecule has 19 nitrogen and oxygen atoms in total. The molecule has 284 valence electrons. The monoisotopic (exact) mass is 746 g/mol. The summed E-state index contributed by atoms with van der Waals surface area (Å²) in [6, 6.07) is -1.90. The van der Waals surface area contributed by atoms with Crippen molar-refractivity contribution in [3.63, 3.8) is 0 Å². The number of carbonyl (C=O) groups excluding carboxylic acids is 5. The van der Waals surface area contributed by atoms with Crippen molar-refractivity contribution >= 4 is 45.4 Å². The van der Waals surface area contributed by atoms with Crippen LogP contribution in [-0.2, 0) is 64.9 Å². The van der Waals surface area contributed by atoms with Gasteiger partial charge in [0, 0.05) is 41.3 Å². The molecule has 49 heavy (non-hydrogen) atoms. The summed E-state index contributed by atoms with van der Waals surface area (Å²) in [7, 11) is -6.33. The van der Waals surface area contributed by atoms with Gasteiger partial charge in [0.2, 0.25) is 11.8 Å². The maximum absolute atomic E-state index is 12.7. The third-order valence-corrected chi connectivity index (χ3v) is 8.23. The number of amides is 4. The predicted octanol–water partition coefficient (Wildman–Crippen LogP) is 2.52. The van der Waals surface area contributed by atoms with Crippen LogP contribution in [0.4, 0.5) is 4.79 Å². The molecule has 4 amide bonds. The number of carbonyl (C=O) groups is 5. The topological polar surface area (TPSA) is 241 Å². The number of ether oxygens (including phenoxy) is 2. The van der Waals surface area contributed by atoms with Crippen LogP contribution in [0.25, 0.3) is 0 Å². The molecular weight excluding hydrogens is 694 g/mol. The number of urea groups is 1. The molecule has 0 saturated carbocycles. The zero-order valence-electron chi connectivity index (χ0n) is 29.3. The molecule has 0 radical (unpaired) electrons. The van der Waals surface area contributed by atoms with Crippen LogP contribution in [0.2, 0.25) is 0 Å². The molecule has 0 aromatic heterocycles. The Hall–Kier alpha value is -3.15. The summed E-state index contributed by atoms with van der Waals surface area (Å²) in [6.07, 6.45) is 1.35. The van der Waals surface area contributed by atoms with Crippen LogP contribution in [0, 0.1) is 0 Å². The van der Waals surface area contributed by atoms with E-state index in [9.17, 15) is 33.1 Å². The third-order valence-electron chi connectivity index (χ3n) is 5.29. The maximum atomic E-state index is 12.7. The van der Waals surface area contributed by atoms with Gasteiger partial charge < -0.3 is 30.7 Å². The minimum Gasteiger partial charge on any atom is -0.461 e. The van der Waals surface area contributed by atoms with E-state index in [2.05, 4.69) is 34.4 Å². The van der Waals surface area contributed by atoms with Crippen molar-refractivity contribution in [3.05, 3.63) is 25.3 Å². The van der Waals surface area contributed by atoms with Crippen LogP contribution < -0.4 is 21.3 Å². The molecule has 0 rings (SSSR count). The number of esters is 2. The van der Waals surface area contributed by atoms with Gasteiger partial charge in [0.1, 0.15) is 12.2 Å². The minimum atomic E-state index is -4.01. The summed E-state index contributed by atoms with van der Waals surface area (Å²) in [5.74, 6) is -1.77. The zero-order chi connectivity index (χ0) is 38.0. The van der Waals surface area contributed by atoms with E-state index in [1.165, 1.54) is 46.9 Å². The van der Waals surface area contributed by atoms with Crippen LogP contribution in [0.1, 0.15) is 48.5 Å². The molecule has 0 saturated heterocycles. The third kappa shape index (κ3) is 25.5. The lowest BCUT2D eigenvalue weighted by atomic mass is 10.2. The van der Waals surface area contributed by atoms with Gasteiger partial charge in [-0.2, -0.15) is 0 Å². The normalized spacial score (nSPS) is 15.5. The van der Waals surface area contributed by atoms with Gasteiger partial charge >= 0.3 is 33.6 Å². The minimum absolute atomic E-state index is 0.0123. The fraction of sp³-hybridized carbons (Fsp3) is 0.679. The van der Waals surface area contributed by atoms with Gasteiger partial charge in [0.25, 0.3) is 0 Å². The Balaban J connectivity index is 0. The molecule has 21 heteroatoms. The first-order chi connectivity index (χ1) is 22.9. The van der Waals surface area contributed by atoms with E-state index in [-0.39, 0.29) is 58.0 Å². The second kappa shape index (κ2) is 26.7. The van der Waals surface area contributed by atoms with Crippen molar-refractivity contribution in [1.82, 2.24) is 21.3 Å². The zero-order valence-corrected chi connectivity index (χ0v) is 31.1. The van der Waals surface area contributed by atoms with E-state index < -0.39 is 57.9 Å². The van der Waals surface area contributed by atoms with E-state index in [4.69, 9.17) is 36.6 Å². The van der Waals surface area contributed by atoms with E-state index in [1.54, 1.807) is 20.8 Å². The summed E-state index contributed by atoms with van der Waals surface area (Å²) >= 11 is 0. The predicted molar refractivity (Wildman–Crippen MR) is 177 cm³/mol. The molecule has 0 aromatic rings. The summed E-state index contributed by atoms with van der Waals surface area (Å²) in [6.45, 7) is 16.2. The molecule has 0 fully saturated rings. The quantitative estimate of drug-likeness (QED) is 0.0480. The Morgan fingerprint density at radius 1 is 0.694 bits per heavy atom. The highest BCUT2D eigenvalue weighted by molar-refractivity contribution is 7.48. The molecule has 4 unspecified atom stereocenters. The Bertz CT molecular complexity index is 1160. The van der Waals surface area contributed by atoms with Gasteiger partial charge in [-0.25, -0.2) is 13.9 Å². The molecule has 4 N–H and O–H groups in total. The fourth-order valence-electron chi connectivity index (χ4n) is 3.22. The van der Waals surface area contributed by atoms with Gasteiger partial charge in [0.05, 0.1) is 51.7 Å². The Morgan fingerprint density at radius 2 is 1.10 bits per heavy atom. The first kappa shape index (κ1) is 48.0. The number of nitrogens with one attached hydrogen (secondary N) is 4. The van der Waals surface area contributed by atoms with Crippen LogP contribution >= 0.6 is 15.6 Å². The molecule has 0 aliphatic rings. The molecule has 0 bridgehead atoms. The molecular formula is C28H52N4O15P2. The lowest BCUT2D eigenvalue weighted by Gasteiger charge is -2.26. The smallest absolute Gasteiger partial charge is 0.461 e.